The molecule has 1 saturated heterocycles. The second-order valence-electron chi connectivity index (χ2n) is 7.98. The van der Waals surface area contributed by atoms with Crippen LogP contribution in [0.3, 0.4) is 0 Å². The number of esters is 1. The molecule has 2 aromatic heterocycles. The quantitative estimate of drug-likeness (QED) is 0.680. The Morgan fingerprint density at radius 3 is 2.47 bits per heavy atom. The summed E-state index contributed by atoms with van der Waals surface area (Å²) in [5, 5.41) is 4.40. The number of piperazine rings is 1. The highest BCUT2D eigenvalue weighted by molar-refractivity contribution is 5.97. The number of carbonyl (C=O) groups excluding carboxylic acids is 2. The van der Waals surface area contributed by atoms with Crippen molar-refractivity contribution in [3.8, 4) is 0 Å². The Balaban J connectivity index is 1.80. The van der Waals surface area contributed by atoms with Gasteiger partial charge in [-0.25, -0.2) is 19.1 Å². The predicted octanol–water partition coefficient (Wildman–Crippen LogP) is 2.11. The summed E-state index contributed by atoms with van der Waals surface area (Å²) in [4.78, 5) is 33.2. The minimum atomic E-state index is -0.522. The number of hydrogen-bond donors (Lipinski definition) is 0. The van der Waals surface area contributed by atoms with E-state index in [1.165, 1.54) is 0 Å². The summed E-state index contributed by atoms with van der Waals surface area (Å²) < 4.78 is 17.4. The molecule has 30 heavy (non-hydrogen) atoms. The SMILES string of the molecule is CCOC(=O)c1c(COC)nn2ccc(N3CCN(C(=O)OC(C)(C)C)CC3)nc12. The van der Waals surface area contributed by atoms with Crippen molar-refractivity contribution in [2.24, 2.45) is 0 Å². The van der Waals surface area contributed by atoms with E-state index in [2.05, 4.69) is 15.0 Å². The Labute approximate surface area is 175 Å². The molecule has 0 bridgehead atoms. The fourth-order valence-corrected chi connectivity index (χ4v) is 3.24. The Morgan fingerprint density at radius 2 is 1.87 bits per heavy atom. The summed E-state index contributed by atoms with van der Waals surface area (Å²) in [5.41, 5.74) is 0.697. The number of nitrogens with zero attached hydrogens (tertiary/aromatic N) is 5. The largest absolute Gasteiger partial charge is 0.462 e. The van der Waals surface area contributed by atoms with Gasteiger partial charge in [0.1, 0.15) is 22.7 Å². The van der Waals surface area contributed by atoms with Crippen LogP contribution in [0, 0.1) is 0 Å². The van der Waals surface area contributed by atoms with Crippen molar-refractivity contribution in [1.29, 1.82) is 0 Å². The lowest BCUT2D eigenvalue weighted by Crippen LogP contribution is -2.50. The van der Waals surface area contributed by atoms with Gasteiger partial charge in [-0.2, -0.15) is 5.10 Å². The maximum absolute atomic E-state index is 12.5. The zero-order valence-electron chi connectivity index (χ0n) is 18.2. The molecule has 10 heteroatoms. The number of hydrogen-bond acceptors (Lipinski definition) is 8. The normalized spacial score (nSPS) is 14.8. The number of anilines is 1. The maximum atomic E-state index is 12.5. The van der Waals surface area contributed by atoms with E-state index in [4.69, 9.17) is 14.2 Å². The molecule has 1 fully saturated rings. The number of amides is 1. The first-order chi connectivity index (χ1) is 14.2. The number of fused-ring (bicyclic) bond motifs is 1. The fourth-order valence-electron chi connectivity index (χ4n) is 3.24. The molecule has 0 radical (unpaired) electrons. The minimum absolute atomic E-state index is 0.182. The molecule has 10 nitrogen and oxygen atoms in total. The number of aromatic nitrogens is 3. The van der Waals surface area contributed by atoms with Crippen molar-refractivity contribution < 1.29 is 23.8 Å². The molecule has 0 aromatic carbocycles. The van der Waals surface area contributed by atoms with E-state index in [9.17, 15) is 9.59 Å². The molecule has 0 atom stereocenters. The first-order valence-corrected chi connectivity index (χ1v) is 10.0. The average molecular weight is 419 g/mol. The zero-order chi connectivity index (χ0) is 21.9. The van der Waals surface area contributed by atoms with Gasteiger partial charge in [0.15, 0.2) is 5.65 Å². The van der Waals surface area contributed by atoms with Crippen LogP contribution in [-0.2, 0) is 20.8 Å². The second kappa shape index (κ2) is 8.86. The van der Waals surface area contributed by atoms with E-state index in [-0.39, 0.29) is 19.3 Å². The molecule has 0 unspecified atom stereocenters. The van der Waals surface area contributed by atoms with Gasteiger partial charge in [-0.3, -0.25) is 0 Å². The van der Waals surface area contributed by atoms with Crippen LogP contribution < -0.4 is 4.90 Å². The Morgan fingerprint density at radius 1 is 1.17 bits per heavy atom. The third-order valence-corrected chi connectivity index (χ3v) is 4.56. The maximum Gasteiger partial charge on any atom is 0.410 e. The van der Waals surface area contributed by atoms with Crippen LogP contribution in [0.25, 0.3) is 5.65 Å². The van der Waals surface area contributed by atoms with Gasteiger partial charge in [-0.05, 0) is 33.8 Å². The van der Waals surface area contributed by atoms with Gasteiger partial charge in [0, 0.05) is 39.5 Å². The van der Waals surface area contributed by atoms with Gasteiger partial charge in [-0.15, -0.1) is 0 Å². The highest BCUT2D eigenvalue weighted by atomic mass is 16.6. The van der Waals surface area contributed by atoms with Gasteiger partial charge >= 0.3 is 12.1 Å². The highest BCUT2D eigenvalue weighted by Crippen LogP contribution is 2.21. The highest BCUT2D eigenvalue weighted by Gasteiger charge is 2.27. The van der Waals surface area contributed by atoms with Gasteiger partial charge in [-0.1, -0.05) is 0 Å². The van der Waals surface area contributed by atoms with E-state index < -0.39 is 11.6 Å². The van der Waals surface area contributed by atoms with Crippen molar-refractivity contribution >= 4 is 23.5 Å². The molecule has 0 saturated carbocycles. The van der Waals surface area contributed by atoms with Crippen molar-refractivity contribution in [3.05, 3.63) is 23.5 Å². The first-order valence-electron chi connectivity index (χ1n) is 10.0. The van der Waals surface area contributed by atoms with E-state index in [1.54, 1.807) is 29.6 Å². The molecule has 1 amide bonds. The summed E-state index contributed by atoms with van der Waals surface area (Å²) >= 11 is 0. The van der Waals surface area contributed by atoms with Crippen LogP contribution in [0.5, 0.6) is 0 Å². The third kappa shape index (κ3) is 4.81. The van der Waals surface area contributed by atoms with Gasteiger partial charge < -0.3 is 24.0 Å². The average Bonchev–Trinajstić information content (AvgIpc) is 3.04. The first kappa shape index (κ1) is 21.8. The summed E-state index contributed by atoms with van der Waals surface area (Å²) in [6.07, 6.45) is 1.45. The molecule has 3 heterocycles. The zero-order valence-corrected chi connectivity index (χ0v) is 18.2. The monoisotopic (exact) mass is 419 g/mol. The summed E-state index contributed by atoms with van der Waals surface area (Å²) in [7, 11) is 1.54. The summed E-state index contributed by atoms with van der Waals surface area (Å²) in [5.74, 6) is 0.236. The molecular weight excluding hydrogens is 390 g/mol. The van der Waals surface area contributed by atoms with Gasteiger partial charge in [0.2, 0.25) is 0 Å². The van der Waals surface area contributed by atoms with E-state index in [0.29, 0.717) is 48.9 Å². The lowest BCUT2D eigenvalue weighted by Gasteiger charge is -2.36. The molecule has 1 aliphatic heterocycles. The number of rotatable bonds is 5. The minimum Gasteiger partial charge on any atom is -0.462 e. The van der Waals surface area contributed by atoms with Crippen LogP contribution in [0.4, 0.5) is 10.6 Å². The fraction of sp³-hybridized carbons (Fsp3) is 0.600. The van der Waals surface area contributed by atoms with Crippen molar-refractivity contribution in [1.82, 2.24) is 19.5 Å². The molecule has 0 aliphatic carbocycles. The van der Waals surface area contributed by atoms with E-state index in [0.717, 1.165) is 0 Å². The Kier molecular flexibility index (Phi) is 6.45. The lowest BCUT2D eigenvalue weighted by atomic mass is 10.2. The van der Waals surface area contributed by atoms with Gasteiger partial charge in [0.25, 0.3) is 0 Å². The molecule has 0 spiro atoms. The molecule has 0 N–H and O–H groups in total. The van der Waals surface area contributed by atoms with Crippen molar-refractivity contribution in [2.75, 3.05) is 44.8 Å². The predicted molar refractivity (Wildman–Crippen MR) is 110 cm³/mol. The van der Waals surface area contributed by atoms with E-state index in [1.807, 2.05) is 26.8 Å². The van der Waals surface area contributed by atoms with E-state index >= 15 is 0 Å². The number of carbonyl (C=O) groups is 2. The van der Waals surface area contributed by atoms with Crippen LogP contribution in [-0.4, -0.2) is 77.1 Å². The Bertz CT molecular complexity index is 912. The molecule has 3 rings (SSSR count). The Hall–Kier alpha value is -2.88. The topological polar surface area (TPSA) is 98.5 Å². The number of methoxy groups -OCH3 is 1. The van der Waals surface area contributed by atoms with Crippen molar-refractivity contribution in [3.63, 3.8) is 0 Å². The smallest absolute Gasteiger partial charge is 0.410 e. The van der Waals surface area contributed by atoms with Crippen LogP contribution >= 0.6 is 0 Å². The second-order valence-corrected chi connectivity index (χ2v) is 7.98. The van der Waals surface area contributed by atoms with Crippen LogP contribution in [0.1, 0.15) is 43.7 Å². The number of ether oxygens (including phenoxy) is 3. The van der Waals surface area contributed by atoms with Crippen LogP contribution in [0.15, 0.2) is 12.3 Å². The van der Waals surface area contributed by atoms with Crippen LogP contribution in [0.2, 0.25) is 0 Å². The summed E-state index contributed by atoms with van der Waals surface area (Å²) in [6, 6.07) is 1.84. The standard InChI is InChI=1S/C20H29N5O5/c1-6-29-18(26)16-14(13-28-5)22-25-8-7-15(21-17(16)25)23-9-11-24(12-10-23)19(27)30-20(2,3)4/h7-8H,6,9-13H2,1-5H3. The molecular formula is C20H29N5O5. The summed E-state index contributed by atoms with van der Waals surface area (Å²) in [6.45, 7) is 10.0. The lowest BCUT2D eigenvalue weighted by molar-refractivity contribution is 0.0240. The third-order valence-electron chi connectivity index (χ3n) is 4.56. The molecule has 164 valence electrons. The molecule has 2 aromatic rings. The van der Waals surface area contributed by atoms with Gasteiger partial charge in [0.05, 0.1) is 13.2 Å². The molecule has 1 aliphatic rings. The van der Waals surface area contributed by atoms with Crippen molar-refractivity contribution in [2.45, 2.75) is 39.9 Å².